The van der Waals surface area contributed by atoms with Crippen LogP contribution >= 0.6 is 11.6 Å². The maximum atomic E-state index is 13.5. The molecule has 0 spiro atoms. The minimum absolute atomic E-state index is 0.0809. The van der Waals surface area contributed by atoms with E-state index < -0.39 is 11.7 Å². The molecule has 0 unspecified atom stereocenters. The molecule has 2 rings (SSSR count). The Morgan fingerprint density at radius 1 is 1.22 bits per heavy atom. The van der Waals surface area contributed by atoms with Crippen molar-refractivity contribution in [1.29, 1.82) is 0 Å². The van der Waals surface area contributed by atoms with Crippen molar-refractivity contribution in [2.45, 2.75) is 0 Å². The van der Waals surface area contributed by atoms with Gasteiger partial charge in [0.1, 0.15) is 5.82 Å². The van der Waals surface area contributed by atoms with Crippen molar-refractivity contribution in [3.05, 3.63) is 58.9 Å². The van der Waals surface area contributed by atoms with Crippen molar-refractivity contribution >= 4 is 28.9 Å². The number of carbonyl (C=O) groups excluding carboxylic acids is 1. The fourth-order valence-electron chi connectivity index (χ4n) is 1.47. The number of benzene rings is 2. The molecule has 2 aromatic rings. The molecule has 3 nitrogen and oxygen atoms in total. The van der Waals surface area contributed by atoms with Crippen molar-refractivity contribution in [1.82, 2.24) is 0 Å². The molecule has 92 valence electrons. The van der Waals surface area contributed by atoms with E-state index in [1.54, 1.807) is 24.3 Å². The highest BCUT2D eigenvalue weighted by Gasteiger charge is 2.12. The molecule has 3 N–H and O–H groups in total. The van der Waals surface area contributed by atoms with Crippen molar-refractivity contribution in [3.8, 4) is 0 Å². The van der Waals surface area contributed by atoms with E-state index in [1.807, 2.05) is 0 Å². The Labute approximate surface area is 108 Å². The van der Waals surface area contributed by atoms with E-state index in [0.29, 0.717) is 11.4 Å². The van der Waals surface area contributed by atoms with Crippen molar-refractivity contribution < 1.29 is 9.18 Å². The summed E-state index contributed by atoms with van der Waals surface area (Å²) in [6, 6.07) is 10.6. The summed E-state index contributed by atoms with van der Waals surface area (Å²) in [5.74, 6) is -1.24. The number of para-hydroxylation sites is 2. The highest BCUT2D eigenvalue weighted by Crippen LogP contribution is 2.20. The molecule has 0 heterocycles. The molecule has 0 bridgehead atoms. The zero-order chi connectivity index (χ0) is 13.1. The van der Waals surface area contributed by atoms with Gasteiger partial charge in [-0.05, 0) is 30.3 Å². The van der Waals surface area contributed by atoms with E-state index in [9.17, 15) is 9.18 Å². The molecule has 5 heteroatoms. The Morgan fingerprint density at radius 3 is 2.61 bits per heavy atom. The maximum absolute atomic E-state index is 13.5. The normalized spacial score (nSPS) is 10.1. The van der Waals surface area contributed by atoms with Gasteiger partial charge in [-0.1, -0.05) is 23.7 Å². The van der Waals surface area contributed by atoms with Gasteiger partial charge >= 0.3 is 0 Å². The first-order valence-electron chi connectivity index (χ1n) is 5.19. The Balaban J connectivity index is 2.25. The molecule has 0 atom stereocenters. The van der Waals surface area contributed by atoms with E-state index in [0.717, 1.165) is 6.07 Å². The first-order chi connectivity index (χ1) is 8.58. The van der Waals surface area contributed by atoms with Crippen LogP contribution in [-0.4, -0.2) is 5.91 Å². The fraction of sp³-hybridized carbons (Fsp3) is 0. The number of hydrogen-bond donors (Lipinski definition) is 2. The molecular weight excluding hydrogens is 255 g/mol. The summed E-state index contributed by atoms with van der Waals surface area (Å²) in [4.78, 5) is 11.8. The van der Waals surface area contributed by atoms with Crippen LogP contribution in [-0.2, 0) is 0 Å². The van der Waals surface area contributed by atoms with Crippen LogP contribution in [0.1, 0.15) is 10.4 Å². The summed E-state index contributed by atoms with van der Waals surface area (Å²) in [6.07, 6.45) is 0. The van der Waals surface area contributed by atoms with Crippen molar-refractivity contribution in [3.63, 3.8) is 0 Å². The lowest BCUT2D eigenvalue weighted by Gasteiger charge is -2.08. The summed E-state index contributed by atoms with van der Waals surface area (Å²) in [5.41, 5.74) is 6.46. The third-order valence-electron chi connectivity index (χ3n) is 2.38. The third kappa shape index (κ3) is 2.60. The highest BCUT2D eigenvalue weighted by molar-refractivity contribution is 6.30. The van der Waals surface area contributed by atoms with Gasteiger partial charge in [-0.25, -0.2) is 4.39 Å². The van der Waals surface area contributed by atoms with E-state index in [4.69, 9.17) is 17.3 Å². The number of rotatable bonds is 2. The van der Waals surface area contributed by atoms with Gasteiger partial charge in [0.2, 0.25) is 0 Å². The maximum Gasteiger partial charge on any atom is 0.258 e. The van der Waals surface area contributed by atoms with Gasteiger partial charge in [0, 0.05) is 5.02 Å². The predicted octanol–water partition coefficient (Wildman–Crippen LogP) is 3.31. The molecule has 18 heavy (non-hydrogen) atoms. The van der Waals surface area contributed by atoms with Crippen LogP contribution in [0.3, 0.4) is 0 Å². The number of halogens is 2. The third-order valence-corrected chi connectivity index (χ3v) is 2.62. The van der Waals surface area contributed by atoms with E-state index in [2.05, 4.69) is 5.32 Å². The highest BCUT2D eigenvalue weighted by atomic mass is 35.5. The van der Waals surface area contributed by atoms with Crippen LogP contribution in [0.4, 0.5) is 15.8 Å². The summed E-state index contributed by atoms with van der Waals surface area (Å²) in [5, 5.41) is 2.78. The minimum Gasteiger partial charge on any atom is -0.397 e. The van der Waals surface area contributed by atoms with Gasteiger partial charge in [0.15, 0.2) is 0 Å². The van der Waals surface area contributed by atoms with Crippen LogP contribution in [0, 0.1) is 5.82 Å². The number of hydrogen-bond acceptors (Lipinski definition) is 2. The molecule has 1 amide bonds. The molecule has 0 saturated carbocycles. The van der Waals surface area contributed by atoms with E-state index in [1.165, 1.54) is 12.1 Å². The fourth-order valence-corrected chi connectivity index (χ4v) is 1.63. The Morgan fingerprint density at radius 2 is 1.94 bits per heavy atom. The topological polar surface area (TPSA) is 55.1 Å². The number of amides is 1. The van der Waals surface area contributed by atoms with Gasteiger partial charge < -0.3 is 11.1 Å². The molecule has 0 aromatic heterocycles. The predicted molar refractivity (Wildman–Crippen MR) is 70.2 cm³/mol. The molecular formula is C13H10ClFN2O. The smallest absolute Gasteiger partial charge is 0.258 e. The zero-order valence-electron chi connectivity index (χ0n) is 9.28. The summed E-state index contributed by atoms with van der Waals surface area (Å²) >= 11 is 5.62. The lowest BCUT2D eigenvalue weighted by molar-refractivity contribution is 0.102. The number of carbonyl (C=O) groups is 1. The SMILES string of the molecule is Nc1ccccc1NC(=O)c1ccc(Cl)cc1F. The van der Waals surface area contributed by atoms with Gasteiger partial charge in [-0.2, -0.15) is 0 Å². The van der Waals surface area contributed by atoms with E-state index in [-0.39, 0.29) is 10.6 Å². The largest absolute Gasteiger partial charge is 0.397 e. The van der Waals surface area contributed by atoms with Gasteiger partial charge in [-0.3, -0.25) is 4.79 Å². The van der Waals surface area contributed by atoms with Gasteiger partial charge in [-0.15, -0.1) is 0 Å². The van der Waals surface area contributed by atoms with Crippen LogP contribution in [0.2, 0.25) is 5.02 Å². The molecule has 0 saturated heterocycles. The quantitative estimate of drug-likeness (QED) is 0.818. The molecule has 2 aromatic carbocycles. The lowest BCUT2D eigenvalue weighted by atomic mass is 10.2. The second-order valence-electron chi connectivity index (χ2n) is 3.67. The Hall–Kier alpha value is -2.07. The second-order valence-corrected chi connectivity index (χ2v) is 4.10. The molecule has 0 fully saturated rings. The van der Waals surface area contributed by atoms with Crippen LogP contribution in [0.25, 0.3) is 0 Å². The molecule has 0 radical (unpaired) electrons. The Kier molecular flexibility index (Phi) is 3.48. The van der Waals surface area contributed by atoms with Crippen LogP contribution in [0.15, 0.2) is 42.5 Å². The van der Waals surface area contributed by atoms with E-state index >= 15 is 0 Å². The average molecular weight is 265 g/mol. The average Bonchev–Trinajstić information content (AvgIpc) is 2.32. The first-order valence-corrected chi connectivity index (χ1v) is 5.56. The van der Waals surface area contributed by atoms with Gasteiger partial charge in [0.25, 0.3) is 5.91 Å². The number of nitrogens with one attached hydrogen (secondary N) is 1. The molecule has 0 aliphatic rings. The summed E-state index contributed by atoms with van der Waals surface area (Å²) in [6.45, 7) is 0. The van der Waals surface area contributed by atoms with Crippen molar-refractivity contribution in [2.24, 2.45) is 0 Å². The zero-order valence-corrected chi connectivity index (χ0v) is 10.0. The standard InChI is InChI=1S/C13H10ClFN2O/c14-8-5-6-9(10(15)7-8)13(18)17-12-4-2-1-3-11(12)16/h1-7H,16H2,(H,17,18). The van der Waals surface area contributed by atoms with Crippen molar-refractivity contribution in [2.75, 3.05) is 11.1 Å². The summed E-state index contributed by atoms with van der Waals surface area (Å²) < 4.78 is 13.5. The minimum atomic E-state index is -0.672. The summed E-state index contributed by atoms with van der Waals surface area (Å²) in [7, 11) is 0. The molecule has 0 aliphatic carbocycles. The molecule has 0 aliphatic heterocycles. The first kappa shape index (κ1) is 12.4. The van der Waals surface area contributed by atoms with Crippen LogP contribution < -0.4 is 11.1 Å². The lowest BCUT2D eigenvalue weighted by Crippen LogP contribution is -2.14. The van der Waals surface area contributed by atoms with Crippen LogP contribution in [0.5, 0.6) is 0 Å². The number of anilines is 2. The number of nitrogens with two attached hydrogens (primary N) is 1. The second kappa shape index (κ2) is 5.06. The Bertz CT molecular complexity index is 601. The van der Waals surface area contributed by atoms with Gasteiger partial charge in [0.05, 0.1) is 16.9 Å². The monoisotopic (exact) mass is 264 g/mol. The number of nitrogen functional groups attached to an aromatic ring is 1.